The molecule has 0 aliphatic heterocycles. The Hall–Kier alpha value is -3.41. The van der Waals surface area contributed by atoms with E-state index in [1.807, 2.05) is 6.08 Å². The van der Waals surface area contributed by atoms with Crippen molar-refractivity contribution in [2.24, 2.45) is 0 Å². The van der Waals surface area contributed by atoms with E-state index in [2.05, 4.69) is 99.8 Å². The van der Waals surface area contributed by atoms with E-state index >= 15 is 0 Å². The van der Waals surface area contributed by atoms with Crippen molar-refractivity contribution in [3.63, 3.8) is 0 Å². The summed E-state index contributed by atoms with van der Waals surface area (Å²) in [4.78, 5) is 38.1. The van der Waals surface area contributed by atoms with E-state index in [9.17, 15) is 14.4 Å². The van der Waals surface area contributed by atoms with Crippen LogP contribution in [0.15, 0.2) is 85.1 Å². The number of ether oxygens (including phenoxy) is 3. The summed E-state index contributed by atoms with van der Waals surface area (Å²) >= 11 is 0. The highest BCUT2D eigenvalue weighted by Crippen LogP contribution is 2.16. The summed E-state index contributed by atoms with van der Waals surface area (Å²) in [6.07, 6.45) is 74.4. The van der Waals surface area contributed by atoms with E-state index < -0.39 is 12.1 Å². The molecule has 0 aromatic rings. The third-order valence-electron chi connectivity index (χ3n) is 12.4. The maximum absolute atomic E-state index is 12.8. The normalized spacial score (nSPS) is 12.7. The molecule has 1 atom stereocenters. The molecule has 0 spiro atoms. The van der Waals surface area contributed by atoms with Gasteiger partial charge in [0, 0.05) is 19.3 Å². The molecular weight excluding hydrogens is 853 g/mol. The van der Waals surface area contributed by atoms with Crippen LogP contribution in [0.25, 0.3) is 0 Å². The zero-order chi connectivity index (χ0) is 50.0. The fourth-order valence-corrected chi connectivity index (χ4v) is 8.05. The zero-order valence-electron chi connectivity index (χ0n) is 45.3. The Morgan fingerprint density at radius 1 is 0.304 bits per heavy atom. The molecule has 396 valence electrons. The first-order chi connectivity index (χ1) is 34.0. The Balaban J connectivity index is 4.49. The molecule has 0 aliphatic rings. The fraction of sp³-hybridized carbons (Fsp3) is 0.730. The molecule has 69 heavy (non-hydrogen) atoms. The van der Waals surface area contributed by atoms with Crippen LogP contribution in [0.4, 0.5) is 0 Å². The molecule has 0 fully saturated rings. The lowest BCUT2D eigenvalue weighted by Crippen LogP contribution is -2.30. The first-order valence-electron chi connectivity index (χ1n) is 29.1. The van der Waals surface area contributed by atoms with Gasteiger partial charge in [-0.25, -0.2) is 0 Å². The maximum atomic E-state index is 12.8. The van der Waals surface area contributed by atoms with Gasteiger partial charge in [0.2, 0.25) is 0 Å². The minimum atomic E-state index is -0.819. The lowest BCUT2D eigenvalue weighted by atomic mass is 10.0. The first-order valence-corrected chi connectivity index (χ1v) is 29.1. The minimum Gasteiger partial charge on any atom is -0.462 e. The van der Waals surface area contributed by atoms with Gasteiger partial charge in [0.25, 0.3) is 0 Å². The van der Waals surface area contributed by atoms with Gasteiger partial charge in [0.1, 0.15) is 13.2 Å². The molecule has 0 unspecified atom stereocenters. The number of carbonyl (C=O) groups is 3. The third-order valence-corrected chi connectivity index (χ3v) is 12.4. The average Bonchev–Trinajstić information content (AvgIpc) is 3.35. The highest BCUT2D eigenvalue weighted by Gasteiger charge is 2.19. The Labute approximate surface area is 426 Å². The van der Waals surface area contributed by atoms with Gasteiger partial charge in [-0.15, -0.1) is 0 Å². The van der Waals surface area contributed by atoms with Gasteiger partial charge < -0.3 is 14.2 Å². The summed E-state index contributed by atoms with van der Waals surface area (Å²) in [7, 11) is 0. The number of esters is 3. The quantitative estimate of drug-likeness (QED) is 0.0262. The van der Waals surface area contributed by atoms with Crippen molar-refractivity contribution in [2.75, 3.05) is 13.2 Å². The molecule has 6 nitrogen and oxygen atoms in total. The van der Waals surface area contributed by atoms with Crippen LogP contribution in [0.1, 0.15) is 278 Å². The van der Waals surface area contributed by atoms with Crippen LogP contribution in [-0.2, 0) is 28.6 Å². The third kappa shape index (κ3) is 55.4. The summed E-state index contributed by atoms with van der Waals surface area (Å²) in [6.45, 7) is 6.47. The molecule has 0 amide bonds. The summed E-state index contributed by atoms with van der Waals surface area (Å²) in [5, 5.41) is 0. The first kappa shape index (κ1) is 65.6. The Morgan fingerprint density at radius 2 is 0.594 bits per heavy atom. The summed E-state index contributed by atoms with van der Waals surface area (Å²) < 4.78 is 16.8. The summed E-state index contributed by atoms with van der Waals surface area (Å²) in [6, 6.07) is 0. The van der Waals surface area contributed by atoms with Crippen molar-refractivity contribution in [3.05, 3.63) is 85.1 Å². The number of hydrogen-bond acceptors (Lipinski definition) is 6. The molecule has 0 rings (SSSR count). The molecule has 0 saturated carbocycles. The van der Waals surface area contributed by atoms with Crippen molar-refractivity contribution >= 4 is 17.9 Å². The van der Waals surface area contributed by atoms with Gasteiger partial charge in [-0.1, -0.05) is 260 Å². The second-order valence-electron chi connectivity index (χ2n) is 19.2. The molecule has 0 aromatic heterocycles. The fourth-order valence-electron chi connectivity index (χ4n) is 8.05. The second kappa shape index (κ2) is 57.2. The monoisotopic (exact) mass is 961 g/mol. The van der Waals surface area contributed by atoms with Crippen LogP contribution in [0.5, 0.6) is 0 Å². The van der Waals surface area contributed by atoms with Gasteiger partial charge >= 0.3 is 17.9 Å². The summed E-state index contributed by atoms with van der Waals surface area (Å²) in [5.41, 5.74) is 0. The molecule has 0 saturated heterocycles. The largest absolute Gasteiger partial charge is 0.462 e. The lowest BCUT2D eigenvalue weighted by Gasteiger charge is -2.18. The predicted molar refractivity (Wildman–Crippen MR) is 297 cm³/mol. The molecular formula is C63H108O6. The van der Waals surface area contributed by atoms with Crippen LogP contribution < -0.4 is 0 Å². The summed E-state index contributed by atoms with van der Waals surface area (Å²) in [5.74, 6) is -0.992. The van der Waals surface area contributed by atoms with Crippen molar-refractivity contribution in [1.29, 1.82) is 0 Å². The van der Waals surface area contributed by atoms with E-state index in [0.717, 1.165) is 89.9 Å². The number of carbonyl (C=O) groups excluding carboxylic acids is 3. The van der Waals surface area contributed by atoms with Crippen molar-refractivity contribution in [2.45, 2.75) is 284 Å². The maximum Gasteiger partial charge on any atom is 0.306 e. The highest BCUT2D eigenvalue weighted by molar-refractivity contribution is 5.71. The van der Waals surface area contributed by atoms with Gasteiger partial charge in [0.15, 0.2) is 6.10 Å². The molecule has 0 aliphatic carbocycles. The van der Waals surface area contributed by atoms with E-state index in [1.54, 1.807) is 0 Å². The zero-order valence-corrected chi connectivity index (χ0v) is 45.3. The Morgan fingerprint density at radius 3 is 0.942 bits per heavy atom. The lowest BCUT2D eigenvalue weighted by molar-refractivity contribution is -0.166. The van der Waals surface area contributed by atoms with E-state index in [4.69, 9.17) is 14.2 Å². The Bertz CT molecular complexity index is 1330. The number of unbranched alkanes of at least 4 members (excludes halogenated alkanes) is 27. The van der Waals surface area contributed by atoms with Crippen LogP contribution >= 0.6 is 0 Å². The van der Waals surface area contributed by atoms with E-state index in [0.29, 0.717) is 19.3 Å². The number of rotatable bonds is 52. The highest BCUT2D eigenvalue weighted by atomic mass is 16.6. The molecule has 0 heterocycles. The standard InChI is InChI=1S/C63H108O6/c1-4-7-10-13-16-19-22-25-28-30-31-33-36-39-42-45-48-51-54-57-63(66)69-60(58-67-61(64)55-52-49-46-43-40-37-34-27-24-21-18-15-12-9-6-3)59-68-62(65)56-53-50-47-44-41-38-35-32-29-26-23-20-17-14-11-8-5-2/h7,10,16,19,25,27-28,31,33-34,39,42,48,51,60H,4-6,8-9,11-15,17-18,20-24,26,29-30,32,35-38,40-41,43-47,49-50,52-59H2,1-3H3/b10-7-,19-16-,28-25-,33-31-,34-27-,42-39-,51-48-/t60-/m1/s1. The number of allylic oxidation sites excluding steroid dienone is 14. The van der Waals surface area contributed by atoms with Crippen molar-refractivity contribution < 1.29 is 28.6 Å². The van der Waals surface area contributed by atoms with Gasteiger partial charge in [-0.2, -0.15) is 0 Å². The van der Waals surface area contributed by atoms with Gasteiger partial charge in [0.05, 0.1) is 0 Å². The number of hydrogen-bond donors (Lipinski definition) is 0. The molecule has 0 N–H and O–H groups in total. The van der Waals surface area contributed by atoms with Gasteiger partial charge in [-0.05, 0) is 83.5 Å². The molecule has 0 aromatic carbocycles. The van der Waals surface area contributed by atoms with Crippen LogP contribution in [0, 0.1) is 0 Å². The van der Waals surface area contributed by atoms with Crippen LogP contribution in [-0.4, -0.2) is 37.2 Å². The predicted octanol–water partition coefficient (Wildman–Crippen LogP) is 19.5. The topological polar surface area (TPSA) is 78.9 Å². The minimum absolute atomic E-state index is 0.107. The second-order valence-corrected chi connectivity index (χ2v) is 19.2. The van der Waals surface area contributed by atoms with Crippen LogP contribution in [0.3, 0.4) is 0 Å². The molecule has 6 heteroatoms. The average molecular weight is 962 g/mol. The molecule has 0 radical (unpaired) electrons. The Kier molecular flexibility index (Phi) is 54.3. The smallest absolute Gasteiger partial charge is 0.306 e. The van der Waals surface area contributed by atoms with Crippen LogP contribution in [0.2, 0.25) is 0 Å². The molecule has 0 bridgehead atoms. The van der Waals surface area contributed by atoms with Crippen molar-refractivity contribution in [1.82, 2.24) is 0 Å². The SMILES string of the molecule is CC/C=C\C/C=C\C/C=C\C/C=C\C/C=C\C/C=C\CCC(=O)O[C@H](COC(=O)CCCCCCC/C=C\CCCCCCCC)COC(=O)CCCCCCCCCCCCCCCCCCC. The van der Waals surface area contributed by atoms with E-state index in [1.165, 1.54) is 141 Å². The van der Waals surface area contributed by atoms with Gasteiger partial charge in [-0.3, -0.25) is 14.4 Å². The van der Waals surface area contributed by atoms with E-state index in [-0.39, 0.29) is 31.6 Å². The van der Waals surface area contributed by atoms with Crippen molar-refractivity contribution in [3.8, 4) is 0 Å².